The van der Waals surface area contributed by atoms with Crippen LogP contribution in [0.2, 0.25) is 0 Å². The highest BCUT2D eigenvalue weighted by Crippen LogP contribution is 2.38. The molecule has 0 saturated carbocycles. The highest BCUT2D eigenvalue weighted by molar-refractivity contribution is 9.10. The molecule has 1 N–H and O–H groups in total. The first-order valence-corrected chi connectivity index (χ1v) is 6.34. The normalized spacial score (nSPS) is 33.9. The van der Waals surface area contributed by atoms with Crippen LogP contribution in [0.5, 0.6) is 0 Å². The molecule has 72 valence electrons. The van der Waals surface area contributed by atoms with Gasteiger partial charge in [-0.3, -0.25) is 0 Å². The Morgan fingerprint density at radius 1 is 1.54 bits per heavy atom. The Labute approximate surface area is 91.7 Å². The summed E-state index contributed by atoms with van der Waals surface area (Å²) in [6, 6.07) is 3.43. The molecule has 1 aliphatic rings. The van der Waals surface area contributed by atoms with Gasteiger partial charge >= 0.3 is 0 Å². The first kappa shape index (κ1) is 9.69. The second-order valence-electron chi connectivity index (χ2n) is 3.83. The lowest BCUT2D eigenvalue weighted by molar-refractivity contribution is 0.577. The van der Waals surface area contributed by atoms with Gasteiger partial charge in [-0.25, -0.2) is 0 Å². The Balaban J connectivity index is 2.22. The minimum Gasteiger partial charge on any atom is -0.311 e. The molecule has 0 amide bonds. The second-order valence-corrected chi connectivity index (χ2v) is 5.63. The fraction of sp³-hybridized carbons (Fsp3) is 0.600. The van der Waals surface area contributed by atoms with Crippen molar-refractivity contribution in [1.29, 1.82) is 0 Å². The highest BCUT2D eigenvalue weighted by atomic mass is 79.9. The predicted octanol–water partition coefficient (Wildman–Crippen LogP) is 3.36. The molecule has 3 atom stereocenters. The van der Waals surface area contributed by atoms with E-state index in [4.69, 9.17) is 0 Å². The van der Waals surface area contributed by atoms with E-state index in [9.17, 15) is 0 Å². The lowest BCUT2D eigenvalue weighted by Gasteiger charge is -2.13. The Morgan fingerprint density at radius 2 is 2.31 bits per heavy atom. The van der Waals surface area contributed by atoms with Crippen LogP contribution in [0.15, 0.2) is 15.9 Å². The van der Waals surface area contributed by atoms with E-state index in [1.165, 1.54) is 15.8 Å². The third-order valence-electron chi connectivity index (χ3n) is 2.74. The summed E-state index contributed by atoms with van der Waals surface area (Å²) in [5.74, 6) is 0.698. The number of nitrogens with one attached hydrogen (secondary N) is 1. The van der Waals surface area contributed by atoms with Crippen molar-refractivity contribution in [2.75, 3.05) is 0 Å². The number of hydrogen-bond acceptors (Lipinski definition) is 2. The van der Waals surface area contributed by atoms with Crippen molar-refractivity contribution in [3.8, 4) is 0 Å². The van der Waals surface area contributed by atoms with Crippen LogP contribution in [0.25, 0.3) is 0 Å². The Morgan fingerprint density at radius 3 is 2.77 bits per heavy atom. The molecule has 1 fully saturated rings. The summed E-state index contributed by atoms with van der Waals surface area (Å²) in [6.45, 7) is 4.54. The van der Waals surface area contributed by atoms with Crippen LogP contribution in [0.1, 0.15) is 31.1 Å². The predicted molar refractivity (Wildman–Crippen MR) is 61.4 cm³/mol. The minimum atomic E-state index is 0.616. The Bertz CT molecular complexity index is 297. The van der Waals surface area contributed by atoms with Gasteiger partial charge in [-0.15, -0.1) is 11.3 Å². The van der Waals surface area contributed by atoms with Crippen molar-refractivity contribution in [3.63, 3.8) is 0 Å². The Kier molecular flexibility index (Phi) is 2.77. The standard InChI is InChI=1S/C10H14BrNS/c1-6-5-8(7(2)12-6)10-9(11)3-4-13-10/h3-4,6-8,12H,5H2,1-2H3. The third kappa shape index (κ3) is 1.83. The van der Waals surface area contributed by atoms with E-state index in [2.05, 4.69) is 46.5 Å². The largest absolute Gasteiger partial charge is 0.311 e. The highest BCUT2D eigenvalue weighted by Gasteiger charge is 2.30. The van der Waals surface area contributed by atoms with E-state index in [1.807, 2.05) is 11.3 Å². The molecular formula is C10H14BrNS. The smallest absolute Gasteiger partial charge is 0.0317 e. The lowest BCUT2D eigenvalue weighted by Crippen LogP contribution is -2.25. The van der Waals surface area contributed by atoms with Gasteiger partial charge in [0, 0.05) is 27.4 Å². The zero-order chi connectivity index (χ0) is 9.42. The first-order valence-electron chi connectivity index (χ1n) is 4.67. The van der Waals surface area contributed by atoms with Crippen LogP contribution in [0.4, 0.5) is 0 Å². The van der Waals surface area contributed by atoms with Gasteiger partial charge in [-0.1, -0.05) is 0 Å². The maximum Gasteiger partial charge on any atom is 0.0317 e. The van der Waals surface area contributed by atoms with Crippen molar-refractivity contribution >= 4 is 27.3 Å². The van der Waals surface area contributed by atoms with Crippen LogP contribution >= 0.6 is 27.3 Å². The van der Waals surface area contributed by atoms with Gasteiger partial charge in [-0.05, 0) is 47.6 Å². The van der Waals surface area contributed by atoms with E-state index in [-0.39, 0.29) is 0 Å². The topological polar surface area (TPSA) is 12.0 Å². The maximum atomic E-state index is 3.61. The summed E-state index contributed by atoms with van der Waals surface area (Å²) >= 11 is 5.47. The van der Waals surface area contributed by atoms with Crippen LogP contribution in [0, 0.1) is 0 Å². The molecule has 1 aromatic rings. The van der Waals surface area contributed by atoms with Gasteiger partial charge in [0.1, 0.15) is 0 Å². The van der Waals surface area contributed by atoms with Crippen LogP contribution in [0.3, 0.4) is 0 Å². The van der Waals surface area contributed by atoms with E-state index < -0.39 is 0 Å². The van der Waals surface area contributed by atoms with Crippen molar-refractivity contribution in [3.05, 3.63) is 20.8 Å². The maximum absolute atomic E-state index is 3.61. The number of halogens is 1. The summed E-state index contributed by atoms with van der Waals surface area (Å²) in [6.07, 6.45) is 1.26. The van der Waals surface area contributed by atoms with Gasteiger partial charge in [0.25, 0.3) is 0 Å². The molecule has 2 rings (SSSR count). The van der Waals surface area contributed by atoms with Crippen LogP contribution < -0.4 is 5.32 Å². The quantitative estimate of drug-likeness (QED) is 0.816. The van der Waals surface area contributed by atoms with E-state index in [1.54, 1.807) is 0 Å². The summed E-state index contributed by atoms with van der Waals surface area (Å²) < 4.78 is 1.28. The molecule has 0 aromatic carbocycles. The van der Waals surface area contributed by atoms with E-state index in [0.717, 1.165) is 0 Å². The molecule has 3 heteroatoms. The van der Waals surface area contributed by atoms with Crippen molar-refractivity contribution in [2.24, 2.45) is 0 Å². The number of hydrogen-bond donors (Lipinski definition) is 1. The molecule has 1 aromatic heterocycles. The molecular weight excluding hydrogens is 246 g/mol. The summed E-state index contributed by atoms with van der Waals surface area (Å²) in [4.78, 5) is 1.50. The lowest BCUT2D eigenvalue weighted by atomic mass is 9.99. The van der Waals surface area contributed by atoms with Gasteiger partial charge in [0.15, 0.2) is 0 Å². The van der Waals surface area contributed by atoms with E-state index >= 15 is 0 Å². The van der Waals surface area contributed by atoms with Crippen LogP contribution in [-0.4, -0.2) is 12.1 Å². The molecule has 0 spiro atoms. The van der Waals surface area contributed by atoms with Gasteiger partial charge in [0.05, 0.1) is 0 Å². The van der Waals surface area contributed by atoms with Crippen LogP contribution in [-0.2, 0) is 0 Å². The second kappa shape index (κ2) is 3.71. The monoisotopic (exact) mass is 259 g/mol. The summed E-state index contributed by atoms with van der Waals surface area (Å²) in [5, 5.41) is 5.73. The minimum absolute atomic E-state index is 0.616. The molecule has 1 aliphatic heterocycles. The average molecular weight is 260 g/mol. The molecule has 0 bridgehead atoms. The SMILES string of the molecule is CC1CC(c2sccc2Br)C(C)N1. The van der Waals surface area contributed by atoms with Crippen molar-refractivity contribution < 1.29 is 0 Å². The molecule has 13 heavy (non-hydrogen) atoms. The van der Waals surface area contributed by atoms with Crippen molar-refractivity contribution in [2.45, 2.75) is 38.3 Å². The fourth-order valence-electron chi connectivity index (χ4n) is 2.12. The molecule has 1 saturated heterocycles. The van der Waals surface area contributed by atoms with Gasteiger partial charge < -0.3 is 5.32 Å². The zero-order valence-electron chi connectivity index (χ0n) is 7.88. The number of thiophene rings is 1. The molecule has 0 radical (unpaired) electrons. The molecule has 3 unspecified atom stereocenters. The molecule has 2 heterocycles. The molecule has 1 nitrogen and oxygen atoms in total. The first-order chi connectivity index (χ1) is 6.18. The average Bonchev–Trinajstić information content (AvgIpc) is 2.58. The molecule has 0 aliphatic carbocycles. The van der Waals surface area contributed by atoms with Gasteiger partial charge in [0.2, 0.25) is 0 Å². The fourth-order valence-corrected chi connectivity index (χ4v) is 4.01. The summed E-state index contributed by atoms with van der Waals surface area (Å²) in [7, 11) is 0. The summed E-state index contributed by atoms with van der Waals surface area (Å²) in [5.41, 5.74) is 0. The van der Waals surface area contributed by atoms with E-state index in [0.29, 0.717) is 18.0 Å². The Hall–Kier alpha value is 0.140. The van der Waals surface area contributed by atoms with Gasteiger partial charge in [-0.2, -0.15) is 0 Å². The number of rotatable bonds is 1. The van der Waals surface area contributed by atoms with Crippen molar-refractivity contribution in [1.82, 2.24) is 5.32 Å². The third-order valence-corrected chi connectivity index (χ3v) is 4.74. The zero-order valence-corrected chi connectivity index (χ0v) is 10.3.